The summed E-state index contributed by atoms with van der Waals surface area (Å²) in [5, 5.41) is 3.72. The van der Waals surface area contributed by atoms with Gasteiger partial charge in [0, 0.05) is 18.2 Å². The Kier molecular flexibility index (Phi) is 6.01. The standard InChI is InChI=1S/C23H33NOSi/c1-23(2,3)26(4,25-18-21-16-11-17-24-21)22(19-12-7-5-8-13-19)20-14-9-6-10-15-20/h5-10,12-15,21-22,24H,11,16-18H2,1-4H3. The molecule has 0 saturated carbocycles. The van der Waals surface area contributed by atoms with Crippen LogP contribution >= 0.6 is 0 Å². The molecule has 3 heteroatoms. The van der Waals surface area contributed by atoms with Crippen LogP contribution in [0.4, 0.5) is 0 Å². The van der Waals surface area contributed by atoms with E-state index in [0.29, 0.717) is 11.6 Å². The van der Waals surface area contributed by atoms with Gasteiger partial charge in [0.1, 0.15) is 0 Å². The fraction of sp³-hybridized carbons (Fsp3) is 0.478. The van der Waals surface area contributed by atoms with Crippen molar-refractivity contribution in [2.24, 2.45) is 0 Å². The quantitative estimate of drug-likeness (QED) is 0.681. The molecule has 140 valence electrons. The summed E-state index contributed by atoms with van der Waals surface area (Å²) in [5.41, 5.74) is 3.08. The fourth-order valence-corrected chi connectivity index (χ4v) is 7.70. The Bertz CT molecular complexity index is 637. The van der Waals surface area contributed by atoms with Crippen molar-refractivity contribution in [1.82, 2.24) is 5.32 Å². The Morgan fingerprint density at radius 3 is 1.96 bits per heavy atom. The smallest absolute Gasteiger partial charge is 0.206 e. The van der Waals surface area contributed by atoms with Crippen LogP contribution in [0.3, 0.4) is 0 Å². The lowest BCUT2D eigenvalue weighted by Gasteiger charge is -2.46. The molecule has 0 spiro atoms. The molecule has 1 fully saturated rings. The first-order valence-corrected chi connectivity index (χ1v) is 12.4. The molecule has 3 rings (SSSR count). The third-order valence-electron chi connectivity index (χ3n) is 6.05. The summed E-state index contributed by atoms with van der Waals surface area (Å²) in [5.74, 6) is 0. The third-order valence-corrected chi connectivity index (χ3v) is 11.6. The van der Waals surface area contributed by atoms with Crippen LogP contribution in [-0.2, 0) is 4.43 Å². The van der Waals surface area contributed by atoms with E-state index in [-0.39, 0.29) is 5.04 Å². The Hall–Kier alpha value is -1.42. The van der Waals surface area contributed by atoms with Crippen molar-refractivity contribution in [2.45, 2.75) is 56.8 Å². The van der Waals surface area contributed by atoms with E-state index in [2.05, 4.69) is 93.3 Å². The van der Waals surface area contributed by atoms with Gasteiger partial charge in [0.15, 0.2) is 0 Å². The van der Waals surface area contributed by atoms with Crippen LogP contribution < -0.4 is 5.32 Å². The molecule has 0 aliphatic carbocycles. The van der Waals surface area contributed by atoms with E-state index < -0.39 is 8.32 Å². The molecule has 1 heterocycles. The van der Waals surface area contributed by atoms with Crippen LogP contribution in [0.5, 0.6) is 0 Å². The molecule has 2 nitrogen and oxygen atoms in total. The fourth-order valence-electron chi connectivity index (χ4n) is 4.03. The lowest BCUT2D eigenvalue weighted by Crippen LogP contribution is -2.52. The first-order valence-electron chi connectivity index (χ1n) is 9.89. The van der Waals surface area contributed by atoms with E-state index >= 15 is 0 Å². The lowest BCUT2D eigenvalue weighted by atomic mass is 10.0. The molecule has 1 aliphatic heterocycles. The molecule has 0 bridgehead atoms. The second-order valence-corrected chi connectivity index (χ2v) is 13.3. The van der Waals surface area contributed by atoms with Gasteiger partial charge in [0.05, 0.1) is 0 Å². The predicted molar refractivity (Wildman–Crippen MR) is 113 cm³/mol. The van der Waals surface area contributed by atoms with Gasteiger partial charge in [-0.3, -0.25) is 0 Å². The summed E-state index contributed by atoms with van der Waals surface area (Å²) in [6, 6.07) is 22.4. The molecule has 0 amide bonds. The number of nitrogens with one attached hydrogen (secondary N) is 1. The van der Waals surface area contributed by atoms with Crippen molar-refractivity contribution in [3.8, 4) is 0 Å². The average Bonchev–Trinajstić information content (AvgIpc) is 3.15. The summed E-state index contributed by atoms with van der Waals surface area (Å²) in [7, 11) is -2.17. The zero-order valence-corrected chi connectivity index (χ0v) is 17.7. The van der Waals surface area contributed by atoms with E-state index in [1.54, 1.807) is 0 Å². The maximum Gasteiger partial charge on any atom is 0.206 e. The topological polar surface area (TPSA) is 21.3 Å². The predicted octanol–water partition coefficient (Wildman–Crippen LogP) is 5.50. The molecule has 2 unspecified atom stereocenters. The molecule has 1 saturated heterocycles. The van der Waals surface area contributed by atoms with Gasteiger partial charge in [0.25, 0.3) is 0 Å². The van der Waals surface area contributed by atoms with Gasteiger partial charge in [-0.1, -0.05) is 81.4 Å². The summed E-state index contributed by atoms with van der Waals surface area (Å²) >= 11 is 0. The Balaban J connectivity index is 2.01. The minimum absolute atomic E-state index is 0.127. The molecule has 0 radical (unpaired) electrons. The van der Waals surface area contributed by atoms with Crippen molar-refractivity contribution in [3.63, 3.8) is 0 Å². The SMILES string of the molecule is CC(C)(C)[Si](C)(OCC1CCCN1)C(c1ccccc1)c1ccccc1. The number of hydrogen-bond acceptors (Lipinski definition) is 2. The minimum Gasteiger partial charge on any atom is -0.414 e. The Labute approximate surface area is 160 Å². The highest BCUT2D eigenvalue weighted by Crippen LogP contribution is 2.48. The Morgan fingerprint density at radius 1 is 1.00 bits per heavy atom. The van der Waals surface area contributed by atoms with Crippen LogP contribution in [0, 0.1) is 0 Å². The average molecular weight is 368 g/mol. The normalized spacial score (nSPS) is 20.3. The van der Waals surface area contributed by atoms with E-state index in [4.69, 9.17) is 4.43 Å². The second kappa shape index (κ2) is 8.08. The maximum absolute atomic E-state index is 6.93. The van der Waals surface area contributed by atoms with Gasteiger partial charge < -0.3 is 9.74 Å². The van der Waals surface area contributed by atoms with Crippen molar-refractivity contribution in [3.05, 3.63) is 71.8 Å². The molecule has 1 N–H and O–H groups in total. The molecular formula is C23H33NOSi. The highest BCUT2D eigenvalue weighted by atomic mass is 28.4. The largest absolute Gasteiger partial charge is 0.414 e. The van der Waals surface area contributed by atoms with Crippen LogP contribution in [0.25, 0.3) is 0 Å². The van der Waals surface area contributed by atoms with Crippen LogP contribution in [0.15, 0.2) is 60.7 Å². The summed E-state index contributed by atoms with van der Waals surface area (Å²) in [6.45, 7) is 11.5. The van der Waals surface area contributed by atoms with E-state index in [9.17, 15) is 0 Å². The van der Waals surface area contributed by atoms with Gasteiger partial charge in [-0.15, -0.1) is 0 Å². The first-order chi connectivity index (χ1) is 12.4. The molecule has 2 aromatic carbocycles. The first kappa shape index (κ1) is 19.3. The zero-order valence-electron chi connectivity index (χ0n) is 16.7. The van der Waals surface area contributed by atoms with Crippen molar-refractivity contribution >= 4 is 8.32 Å². The van der Waals surface area contributed by atoms with Gasteiger partial charge in [-0.25, -0.2) is 0 Å². The zero-order chi connectivity index (χ0) is 18.6. The van der Waals surface area contributed by atoms with E-state index in [0.717, 1.165) is 13.2 Å². The monoisotopic (exact) mass is 367 g/mol. The minimum atomic E-state index is -2.17. The number of hydrogen-bond donors (Lipinski definition) is 1. The highest BCUT2D eigenvalue weighted by Gasteiger charge is 2.50. The van der Waals surface area contributed by atoms with Gasteiger partial charge in [-0.2, -0.15) is 0 Å². The van der Waals surface area contributed by atoms with Crippen molar-refractivity contribution in [1.29, 1.82) is 0 Å². The van der Waals surface area contributed by atoms with Gasteiger partial charge in [0.2, 0.25) is 8.32 Å². The lowest BCUT2D eigenvalue weighted by molar-refractivity contribution is 0.245. The van der Waals surface area contributed by atoms with Crippen molar-refractivity contribution < 1.29 is 4.43 Å². The van der Waals surface area contributed by atoms with E-state index in [1.165, 1.54) is 24.0 Å². The number of rotatable bonds is 6. The molecule has 1 aliphatic rings. The highest BCUT2D eigenvalue weighted by molar-refractivity contribution is 6.77. The molecule has 26 heavy (non-hydrogen) atoms. The van der Waals surface area contributed by atoms with Crippen LogP contribution in [0.2, 0.25) is 11.6 Å². The summed E-state index contributed by atoms with van der Waals surface area (Å²) in [6.07, 6.45) is 2.50. The van der Waals surface area contributed by atoms with Crippen LogP contribution in [0.1, 0.15) is 50.3 Å². The molecule has 2 atom stereocenters. The van der Waals surface area contributed by atoms with E-state index in [1.807, 2.05) is 0 Å². The molecular weight excluding hydrogens is 334 g/mol. The summed E-state index contributed by atoms with van der Waals surface area (Å²) < 4.78 is 6.93. The molecule has 2 aromatic rings. The maximum atomic E-state index is 6.93. The third kappa shape index (κ3) is 4.11. The second-order valence-electron chi connectivity index (χ2n) is 8.72. The van der Waals surface area contributed by atoms with Crippen LogP contribution in [-0.4, -0.2) is 27.5 Å². The van der Waals surface area contributed by atoms with Gasteiger partial charge in [-0.05, 0) is 42.1 Å². The number of benzene rings is 2. The summed E-state index contributed by atoms with van der Waals surface area (Å²) in [4.78, 5) is 0. The van der Waals surface area contributed by atoms with Gasteiger partial charge >= 0.3 is 0 Å². The Morgan fingerprint density at radius 2 is 1.54 bits per heavy atom. The van der Waals surface area contributed by atoms with Crippen molar-refractivity contribution in [2.75, 3.05) is 13.2 Å². The molecule has 0 aromatic heterocycles.